The van der Waals surface area contributed by atoms with Crippen molar-refractivity contribution in [2.24, 2.45) is 0 Å². The summed E-state index contributed by atoms with van der Waals surface area (Å²) in [7, 11) is 0. The SMILES string of the molecule is Cc1ccc(-c2nnc(SCc3nc(N)c4ccccc4n3)o2)cc1. The van der Waals surface area contributed by atoms with Crippen molar-refractivity contribution in [3.05, 3.63) is 59.9 Å². The van der Waals surface area contributed by atoms with Gasteiger partial charge in [-0.1, -0.05) is 41.6 Å². The molecule has 0 atom stereocenters. The summed E-state index contributed by atoms with van der Waals surface area (Å²) in [4.78, 5) is 8.87. The predicted molar refractivity (Wildman–Crippen MR) is 98.0 cm³/mol. The second-order valence-corrected chi connectivity index (χ2v) is 6.50. The zero-order valence-corrected chi connectivity index (χ0v) is 14.3. The molecule has 2 heterocycles. The molecule has 25 heavy (non-hydrogen) atoms. The third kappa shape index (κ3) is 3.32. The maximum absolute atomic E-state index is 6.01. The van der Waals surface area contributed by atoms with Gasteiger partial charge < -0.3 is 10.2 Å². The van der Waals surface area contributed by atoms with Gasteiger partial charge in [0, 0.05) is 10.9 Å². The van der Waals surface area contributed by atoms with E-state index in [0.29, 0.717) is 28.5 Å². The van der Waals surface area contributed by atoms with E-state index in [1.165, 1.54) is 17.3 Å². The summed E-state index contributed by atoms with van der Waals surface area (Å²) in [6.07, 6.45) is 0. The zero-order chi connectivity index (χ0) is 17.2. The van der Waals surface area contributed by atoms with Crippen molar-refractivity contribution < 1.29 is 4.42 Å². The monoisotopic (exact) mass is 349 g/mol. The van der Waals surface area contributed by atoms with E-state index in [1.54, 1.807) is 0 Å². The number of anilines is 1. The highest BCUT2D eigenvalue weighted by Crippen LogP contribution is 2.26. The average Bonchev–Trinajstić information content (AvgIpc) is 3.10. The number of para-hydroxylation sites is 1. The van der Waals surface area contributed by atoms with E-state index in [-0.39, 0.29) is 0 Å². The quantitative estimate of drug-likeness (QED) is 0.559. The van der Waals surface area contributed by atoms with Gasteiger partial charge in [0.15, 0.2) is 0 Å². The van der Waals surface area contributed by atoms with Crippen molar-refractivity contribution >= 4 is 28.5 Å². The van der Waals surface area contributed by atoms with Crippen molar-refractivity contribution in [2.75, 3.05) is 5.73 Å². The average molecular weight is 349 g/mol. The second kappa shape index (κ2) is 6.52. The van der Waals surface area contributed by atoms with Crippen LogP contribution in [0.25, 0.3) is 22.4 Å². The van der Waals surface area contributed by atoms with E-state index in [9.17, 15) is 0 Å². The molecule has 0 amide bonds. The van der Waals surface area contributed by atoms with Crippen molar-refractivity contribution in [1.29, 1.82) is 0 Å². The molecule has 0 bridgehead atoms. The topological polar surface area (TPSA) is 90.7 Å². The van der Waals surface area contributed by atoms with Crippen LogP contribution in [0, 0.1) is 6.92 Å². The van der Waals surface area contributed by atoms with Crippen LogP contribution >= 0.6 is 11.8 Å². The van der Waals surface area contributed by atoms with E-state index >= 15 is 0 Å². The fourth-order valence-corrected chi connectivity index (χ4v) is 3.04. The Morgan fingerprint density at radius 2 is 1.80 bits per heavy atom. The van der Waals surface area contributed by atoms with Gasteiger partial charge in [0.05, 0.1) is 11.3 Å². The highest BCUT2D eigenvalue weighted by Gasteiger charge is 2.11. The van der Waals surface area contributed by atoms with Gasteiger partial charge in [-0.25, -0.2) is 9.97 Å². The normalized spacial score (nSPS) is 11.1. The van der Waals surface area contributed by atoms with Gasteiger partial charge in [0.1, 0.15) is 11.6 Å². The van der Waals surface area contributed by atoms with Crippen LogP contribution in [0.3, 0.4) is 0 Å². The second-order valence-electron chi connectivity index (χ2n) is 5.57. The summed E-state index contributed by atoms with van der Waals surface area (Å²) in [5.74, 6) is 2.12. The molecule has 2 N–H and O–H groups in total. The van der Waals surface area contributed by atoms with Crippen LogP contribution in [0.15, 0.2) is 58.2 Å². The summed E-state index contributed by atoms with van der Waals surface area (Å²) in [6, 6.07) is 15.6. The molecular weight excluding hydrogens is 334 g/mol. The van der Waals surface area contributed by atoms with Gasteiger partial charge in [0.2, 0.25) is 5.89 Å². The third-order valence-corrected chi connectivity index (χ3v) is 4.52. The first kappa shape index (κ1) is 15.6. The van der Waals surface area contributed by atoms with Crippen LogP contribution in [0.2, 0.25) is 0 Å². The fraction of sp³-hybridized carbons (Fsp3) is 0.111. The first-order valence-corrected chi connectivity index (χ1v) is 8.72. The van der Waals surface area contributed by atoms with Gasteiger partial charge in [-0.15, -0.1) is 10.2 Å². The van der Waals surface area contributed by atoms with Crippen LogP contribution in [-0.2, 0) is 5.75 Å². The molecule has 124 valence electrons. The van der Waals surface area contributed by atoms with Crippen LogP contribution in [0.4, 0.5) is 5.82 Å². The zero-order valence-electron chi connectivity index (χ0n) is 13.5. The smallest absolute Gasteiger partial charge is 0.277 e. The molecule has 0 aliphatic heterocycles. The Hall–Kier alpha value is -2.93. The van der Waals surface area contributed by atoms with Gasteiger partial charge in [-0.2, -0.15) is 0 Å². The summed E-state index contributed by atoms with van der Waals surface area (Å²) >= 11 is 1.39. The lowest BCUT2D eigenvalue weighted by Gasteiger charge is -2.03. The number of nitrogens with two attached hydrogens (primary N) is 1. The first-order chi connectivity index (χ1) is 12.2. The number of benzene rings is 2. The van der Waals surface area contributed by atoms with Crippen molar-refractivity contribution in [3.8, 4) is 11.5 Å². The molecule has 0 unspecified atom stereocenters. The number of fused-ring (bicyclic) bond motifs is 1. The molecule has 0 saturated carbocycles. The number of thioether (sulfide) groups is 1. The minimum Gasteiger partial charge on any atom is -0.411 e. The lowest BCUT2D eigenvalue weighted by Crippen LogP contribution is -1.99. The molecule has 0 saturated heterocycles. The van der Waals surface area contributed by atoms with Gasteiger partial charge in [-0.3, -0.25) is 0 Å². The molecule has 6 nitrogen and oxygen atoms in total. The van der Waals surface area contributed by atoms with E-state index in [0.717, 1.165) is 16.5 Å². The molecule has 4 rings (SSSR count). The fourth-order valence-electron chi connectivity index (χ4n) is 2.42. The lowest BCUT2D eigenvalue weighted by atomic mass is 10.1. The van der Waals surface area contributed by atoms with Gasteiger partial charge >= 0.3 is 0 Å². The molecule has 0 spiro atoms. The number of aryl methyl sites for hydroxylation is 1. The number of nitrogens with zero attached hydrogens (tertiary/aromatic N) is 4. The van der Waals surface area contributed by atoms with Gasteiger partial charge in [-0.05, 0) is 31.2 Å². The Labute approximate surface area is 148 Å². The Morgan fingerprint density at radius 1 is 1.00 bits per heavy atom. The lowest BCUT2D eigenvalue weighted by molar-refractivity contribution is 0.465. The number of hydrogen-bond acceptors (Lipinski definition) is 7. The molecule has 2 aromatic carbocycles. The predicted octanol–water partition coefficient (Wildman–Crippen LogP) is 3.86. The van der Waals surface area contributed by atoms with Crippen molar-refractivity contribution in [2.45, 2.75) is 17.9 Å². The van der Waals surface area contributed by atoms with E-state index in [2.05, 4.69) is 20.2 Å². The van der Waals surface area contributed by atoms with Crippen LogP contribution in [0.5, 0.6) is 0 Å². The molecule has 4 aromatic rings. The minimum atomic E-state index is 0.478. The van der Waals surface area contributed by atoms with E-state index < -0.39 is 0 Å². The Bertz CT molecular complexity index is 1030. The highest BCUT2D eigenvalue weighted by molar-refractivity contribution is 7.98. The molecule has 0 aliphatic carbocycles. The first-order valence-electron chi connectivity index (χ1n) is 7.73. The molecule has 0 radical (unpaired) electrons. The third-order valence-electron chi connectivity index (χ3n) is 3.71. The van der Waals surface area contributed by atoms with Crippen LogP contribution in [-0.4, -0.2) is 20.2 Å². The largest absolute Gasteiger partial charge is 0.411 e. The van der Waals surface area contributed by atoms with Crippen LogP contribution < -0.4 is 5.73 Å². The summed E-state index contributed by atoms with van der Waals surface area (Å²) in [6.45, 7) is 2.04. The Morgan fingerprint density at radius 3 is 2.64 bits per heavy atom. The van der Waals surface area contributed by atoms with Gasteiger partial charge in [0.25, 0.3) is 5.22 Å². The molecule has 0 fully saturated rings. The molecule has 7 heteroatoms. The highest BCUT2D eigenvalue weighted by atomic mass is 32.2. The Balaban J connectivity index is 1.51. The summed E-state index contributed by atoms with van der Waals surface area (Å²) < 4.78 is 5.70. The van der Waals surface area contributed by atoms with Crippen LogP contribution in [0.1, 0.15) is 11.4 Å². The molecular formula is C18H15N5OS. The maximum Gasteiger partial charge on any atom is 0.277 e. The maximum atomic E-state index is 6.01. The minimum absolute atomic E-state index is 0.478. The summed E-state index contributed by atoms with van der Waals surface area (Å²) in [5.41, 5.74) is 8.92. The number of hydrogen-bond donors (Lipinski definition) is 1. The molecule has 2 aromatic heterocycles. The number of aromatic nitrogens is 4. The van der Waals surface area contributed by atoms with E-state index in [4.69, 9.17) is 10.2 Å². The molecule has 0 aliphatic rings. The number of nitrogen functional groups attached to an aromatic ring is 1. The standard InChI is InChI=1S/C18H15N5OS/c1-11-6-8-12(9-7-11)17-22-23-18(24-17)25-10-15-20-14-5-3-2-4-13(14)16(19)21-15/h2-9H,10H2,1H3,(H2,19,20,21). The Kier molecular flexibility index (Phi) is 4.07. The number of rotatable bonds is 4. The van der Waals surface area contributed by atoms with E-state index in [1.807, 2.05) is 55.5 Å². The van der Waals surface area contributed by atoms with Crippen molar-refractivity contribution in [1.82, 2.24) is 20.2 Å². The van der Waals surface area contributed by atoms with Crippen molar-refractivity contribution in [3.63, 3.8) is 0 Å². The summed E-state index contributed by atoms with van der Waals surface area (Å²) in [5, 5.41) is 9.50.